The second kappa shape index (κ2) is 11.3. The topological polar surface area (TPSA) is 99.9 Å². The van der Waals surface area contributed by atoms with Crippen LogP contribution < -0.4 is 0 Å². The Balaban J connectivity index is 1.16. The third kappa shape index (κ3) is 5.61. The lowest BCUT2D eigenvalue weighted by atomic mass is 9.82. The number of Topliss-reactive ketones (excluding diaryl/α,β-unsaturated/α-hetero) is 1. The molecule has 9 heteroatoms. The summed E-state index contributed by atoms with van der Waals surface area (Å²) in [7, 11) is 2.05. The van der Waals surface area contributed by atoms with Crippen molar-refractivity contribution >= 4 is 17.8 Å². The van der Waals surface area contributed by atoms with E-state index in [1.54, 1.807) is 37.8 Å². The van der Waals surface area contributed by atoms with Gasteiger partial charge in [0, 0.05) is 44.0 Å². The maximum atomic E-state index is 15.5. The Morgan fingerprint density at radius 1 is 1.14 bits per heavy atom. The van der Waals surface area contributed by atoms with Gasteiger partial charge in [-0.15, -0.1) is 0 Å². The number of likely N-dealkylation sites (tertiary alicyclic amines) is 2. The van der Waals surface area contributed by atoms with Gasteiger partial charge in [0.25, 0.3) is 0 Å². The number of ketones is 1. The minimum absolute atomic E-state index is 0.0208. The molecule has 3 aliphatic heterocycles. The van der Waals surface area contributed by atoms with Crippen LogP contribution in [0.3, 0.4) is 0 Å². The first-order chi connectivity index (χ1) is 20.9. The molecule has 2 bridgehead atoms. The van der Waals surface area contributed by atoms with Crippen molar-refractivity contribution < 1.29 is 28.2 Å². The zero-order chi connectivity index (χ0) is 31.4. The van der Waals surface area contributed by atoms with Gasteiger partial charge in [0.15, 0.2) is 5.78 Å². The summed E-state index contributed by atoms with van der Waals surface area (Å²) in [5, 5.41) is 9.94. The van der Waals surface area contributed by atoms with Crippen LogP contribution in [0.25, 0.3) is 11.1 Å². The highest BCUT2D eigenvalue weighted by molar-refractivity contribution is 5.95. The lowest BCUT2D eigenvalue weighted by Crippen LogP contribution is -2.51. The fraction of sp³-hybridized carbons (Fsp3) is 0.543. The number of rotatable bonds is 6. The number of hydrogen-bond donors (Lipinski definition) is 0. The fourth-order valence-electron chi connectivity index (χ4n) is 7.58. The fourth-order valence-corrected chi connectivity index (χ4v) is 7.58. The van der Waals surface area contributed by atoms with Crippen molar-refractivity contribution in [2.45, 2.75) is 89.0 Å². The Kier molecular flexibility index (Phi) is 7.77. The van der Waals surface area contributed by atoms with Crippen molar-refractivity contribution in [2.24, 2.45) is 11.8 Å². The second-order valence-corrected chi connectivity index (χ2v) is 14.0. The maximum Gasteiger partial charge on any atom is 0.411 e. The molecule has 4 atom stereocenters. The van der Waals surface area contributed by atoms with E-state index >= 15 is 4.39 Å². The monoisotopic (exact) mass is 601 g/mol. The lowest BCUT2D eigenvalue weighted by Gasteiger charge is -2.37. The number of nitriles is 1. The molecule has 1 spiro atoms. The molecule has 6 rings (SSSR count). The number of piperidine rings is 2. The predicted molar refractivity (Wildman–Crippen MR) is 161 cm³/mol. The Hall–Kier alpha value is -3.77. The highest BCUT2D eigenvalue weighted by atomic mass is 19.1. The minimum atomic E-state index is -0.727. The highest BCUT2D eigenvalue weighted by Crippen LogP contribution is 2.46. The van der Waals surface area contributed by atoms with E-state index in [4.69, 9.17) is 9.47 Å². The van der Waals surface area contributed by atoms with Crippen molar-refractivity contribution in [3.05, 3.63) is 58.9 Å². The number of hydrogen-bond acceptors (Lipinski definition) is 7. The number of esters is 1. The number of carbonyl (C=O) groups excluding carboxylic acids is 3. The summed E-state index contributed by atoms with van der Waals surface area (Å²) < 4.78 is 27.0. The van der Waals surface area contributed by atoms with Crippen molar-refractivity contribution in [2.75, 3.05) is 20.1 Å². The van der Waals surface area contributed by atoms with Crippen LogP contribution in [0.4, 0.5) is 9.18 Å². The molecule has 8 nitrogen and oxygen atoms in total. The van der Waals surface area contributed by atoms with E-state index < -0.39 is 35.1 Å². The SMILES string of the molecule is CN1CCC2(CC1)OC(=O)c1ccc(-c3ccc(C[C@@H](C#N)CC(=O)[C@@H]4[C@H]5CC[C@H](C5)N4C(=O)OC(C)(C)C)c(F)c3)cc12. The smallest absolute Gasteiger partial charge is 0.411 e. The first-order valence-corrected chi connectivity index (χ1v) is 15.7. The average molecular weight is 602 g/mol. The zero-order valence-corrected chi connectivity index (χ0v) is 25.9. The number of amides is 1. The van der Waals surface area contributed by atoms with Crippen LogP contribution in [0, 0.1) is 29.0 Å². The molecule has 1 amide bonds. The molecule has 3 heterocycles. The van der Waals surface area contributed by atoms with E-state index in [-0.39, 0.29) is 36.6 Å². The van der Waals surface area contributed by atoms with E-state index in [1.807, 2.05) is 18.2 Å². The molecule has 3 fully saturated rings. The highest BCUT2D eigenvalue weighted by Gasteiger charge is 2.52. The van der Waals surface area contributed by atoms with Gasteiger partial charge in [0.05, 0.1) is 23.6 Å². The molecular formula is C35H40FN3O5. The van der Waals surface area contributed by atoms with Gasteiger partial charge >= 0.3 is 12.1 Å². The summed E-state index contributed by atoms with van der Waals surface area (Å²) in [6, 6.07) is 12.0. The van der Waals surface area contributed by atoms with Crippen LogP contribution in [0.5, 0.6) is 0 Å². The number of fused-ring (bicyclic) bond motifs is 4. The number of carbonyl (C=O) groups is 3. The molecule has 0 unspecified atom stereocenters. The van der Waals surface area contributed by atoms with Gasteiger partial charge in [0.1, 0.15) is 17.0 Å². The van der Waals surface area contributed by atoms with E-state index in [0.717, 1.165) is 43.5 Å². The minimum Gasteiger partial charge on any atom is -0.450 e. The van der Waals surface area contributed by atoms with E-state index in [1.165, 1.54) is 6.07 Å². The van der Waals surface area contributed by atoms with Gasteiger partial charge in [-0.2, -0.15) is 5.26 Å². The Labute approximate surface area is 258 Å². The largest absolute Gasteiger partial charge is 0.450 e. The molecule has 2 aromatic carbocycles. The maximum absolute atomic E-state index is 15.5. The van der Waals surface area contributed by atoms with Crippen LogP contribution in [0.2, 0.25) is 0 Å². The zero-order valence-electron chi connectivity index (χ0n) is 25.9. The first-order valence-electron chi connectivity index (χ1n) is 15.7. The number of nitrogens with zero attached hydrogens (tertiary/aromatic N) is 3. The summed E-state index contributed by atoms with van der Waals surface area (Å²) >= 11 is 0. The predicted octanol–water partition coefficient (Wildman–Crippen LogP) is 6.01. The molecule has 0 radical (unpaired) electrons. The van der Waals surface area contributed by atoms with E-state index in [9.17, 15) is 19.6 Å². The lowest BCUT2D eigenvalue weighted by molar-refractivity contribution is -0.126. The number of benzene rings is 2. The molecule has 1 aliphatic carbocycles. The molecule has 0 N–H and O–H groups in total. The average Bonchev–Trinajstić information content (AvgIpc) is 3.67. The summed E-state index contributed by atoms with van der Waals surface area (Å²) in [5.74, 6) is -1.59. The molecule has 4 aliphatic rings. The molecule has 0 aromatic heterocycles. The van der Waals surface area contributed by atoms with Crippen LogP contribution >= 0.6 is 0 Å². The Morgan fingerprint density at radius 3 is 2.52 bits per heavy atom. The van der Waals surface area contributed by atoms with Gasteiger partial charge in [-0.1, -0.05) is 18.2 Å². The van der Waals surface area contributed by atoms with Crippen molar-refractivity contribution in [3.63, 3.8) is 0 Å². The molecule has 232 valence electrons. The summed E-state index contributed by atoms with van der Waals surface area (Å²) in [5.41, 5.74) is 1.92. The van der Waals surface area contributed by atoms with Gasteiger partial charge in [-0.05, 0) is 94.3 Å². The molecule has 2 aromatic rings. The number of ether oxygens (including phenoxy) is 2. The number of halogens is 1. The van der Waals surface area contributed by atoms with Gasteiger partial charge in [-0.3, -0.25) is 9.69 Å². The van der Waals surface area contributed by atoms with Crippen molar-refractivity contribution in [3.8, 4) is 17.2 Å². The molecular weight excluding hydrogens is 561 g/mol. The second-order valence-electron chi connectivity index (χ2n) is 14.0. The quantitative estimate of drug-likeness (QED) is 0.374. The third-order valence-electron chi connectivity index (χ3n) is 9.82. The van der Waals surface area contributed by atoms with E-state index in [0.29, 0.717) is 29.5 Å². The molecule has 44 heavy (non-hydrogen) atoms. The van der Waals surface area contributed by atoms with Crippen molar-refractivity contribution in [1.82, 2.24) is 9.80 Å². The van der Waals surface area contributed by atoms with Crippen LogP contribution in [0.15, 0.2) is 36.4 Å². The van der Waals surface area contributed by atoms with Crippen molar-refractivity contribution in [1.29, 1.82) is 5.26 Å². The molecule has 2 saturated heterocycles. The van der Waals surface area contributed by atoms with Crippen LogP contribution in [-0.4, -0.2) is 65.5 Å². The van der Waals surface area contributed by atoms with Gasteiger partial charge in [0.2, 0.25) is 0 Å². The first kappa shape index (κ1) is 30.3. The normalized spacial score (nSPS) is 24.6. The van der Waals surface area contributed by atoms with Gasteiger partial charge < -0.3 is 14.4 Å². The van der Waals surface area contributed by atoms with Gasteiger partial charge in [-0.25, -0.2) is 14.0 Å². The van der Waals surface area contributed by atoms with E-state index in [2.05, 4.69) is 18.0 Å². The van der Waals surface area contributed by atoms with Crippen LogP contribution in [-0.2, 0) is 26.3 Å². The Bertz CT molecular complexity index is 1530. The summed E-state index contributed by atoms with van der Waals surface area (Å²) in [6.07, 6.45) is 3.46. The molecule has 1 saturated carbocycles. The summed E-state index contributed by atoms with van der Waals surface area (Å²) in [4.78, 5) is 43.0. The standard InChI is InChI=1S/C35H40FN3O5/c1-34(2,3)44-33(42)39-26-9-7-25(17-26)31(39)30(40)16-21(20-37)15-24-6-5-23(19-29(24)36)22-8-10-27-28(18-22)35(43-32(27)41)11-13-38(4)14-12-35/h5-6,8,10,18-19,21,25-26,31H,7,9,11-17H2,1-4H3/t21-,25+,26-,31+/m1/s1. The van der Waals surface area contributed by atoms with Crippen LogP contribution in [0.1, 0.15) is 80.8 Å². The summed E-state index contributed by atoms with van der Waals surface area (Å²) in [6.45, 7) is 7.04. The third-order valence-corrected chi connectivity index (χ3v) is 9.82. The Morgan fingerprint density at radius 2 is 1.84 bits per heavy atom.